The average Bonchev–Trinajstić information content (AvgIpc) is 2.98. The van der Waals surface area contributed by atoms with E-state index in [1.165, 1.54) is 0 Å². The number of carbonyl (C=O) groups is 2. The molecule has 0 saturated carbocycles. The van der Waals surface area contributed by atoms with Gasteiger partial charge in [0.15, 0.2) is 11.4 Å². The largest absolute Gasteiger partial charge is 0.368 e. The number of aromatic nitrogens is 2. The molecule has 12 heteroatoms. The van der Waals surface area contributed by atoms with Crippen molar-refractivity contribution in [2.75, 3.05) is 72.8 Å². The summed E-state index contributed by atoms with van der Waals surface area (Å²) in [7, 11) is 0. The second-order valence-corrected chi connectivity index (χ2v) is 10.1. The molecule has 3 heterocycles. The van der Waals surface area contributed by atoms with Gasteiger partial charge in [0, 0.05) is 89.0 Å². The third kappa shape index (κ3) is 6.41. The minimum Gasteiger partial charge on any atom is -0.368 e. The van der Waals surface area contributed by atoms with Crippen LogP contribution in [0.5, 0.6) is 0 Å². The van der Waals surface area contributed by atoms with Gasteiger partial charge in [0.05, 0.1) is 0 Å². The van der Waals surface area contributed by atoms with Crippen molar-refractivity contribution in [1.82, 2.24) is 19.8 Å². The van der Waals surface area contributed by atoms with E-state index in [-0.39, 0.29) is 29.1 Å². The van der Waals surface area contributed by atoms with E-state index in [1.54, 1.807) is 13.8 Å². The lowest BCUT2D eigenvalue weighted by molar-refractivity contribution is -0.129. The summed E-state index contributed by atoms with van der Waals surface area (Å²) in [6.07, 6.45) is 0. The summed E-state index contributed by atoms with van der Waals surface area (Å²) in [4.78, 5) is 51.1. The number of aromatic amines is 1. The second kappa shape index (κ2) is 12.0. The van der Waals surface area contributed by atoms with Crippen molar-refractivity contribution in [3.05, 3.63) is 64.4 Å². The molecule has 2 fully saturated rings. The normalized spacial score (nSPS) is 15.3. The van der Waals surface area contributed by atoms with Crippen LogP contribution in [0.4, 0.5) is 34.5 Å². The van der Waals surface area contributed by atoms with Crippen molar-refractivity contribution in [2.45, 2.75) is 13.8 Å². The van der Waals surface area contributed by atoms with Gasteiger partial charge in [0.25, 0.3) is 5.56 Å². The molecule has 3 N–H and O–H groups in total. The third-order valence-corrected chi connectivity index (χ3v) is 7.47. The number of piperazine rings is 2. The molecule has 0 atom stereocenters. The maximum atomic E-state index is 12.7. The summed E-state index contributed by atoms with van der Waals surface area (Å²) in [6.45, 7) is 9.00. The zero-order valence-electron chi connectivity index (χ0n) is 23.2. The van der Waals surface area contributed by atoms with Gasteiger partial charge in [0.1, 0.15) is 6.07 Å². The lowest BCUT2D eigenvalue weighted by Crippen LogP contribution is -2.48. The topological polar surface area (TPSA) is 141 Å². The number of hydrogen-bond donors (Lipinski definition) is 3. The Labute approximate surface area is 238 Å². The Morgan fingerprint density at radius 1 is 0.756 bits per heavy atom. The van der Waals surface area contributed by atoms with Crippen LogP contribution in [0.2, 0.25) is 0 Å². The fourth-order valence-electron chi connectivity index (χ4n) is 5.07. The van der Waals surface area contributed by atoms with Crippen molar-refractivity contribution >= 4 is 46.3 Å². The summed E-state index contributed by atoms with van der Waals surface area (Å²) in [5, 5.41) is 15.8. The van der Waals surface area contributed by atoms with Crippen LogP contribution < -0.4 is 26.0 Å². The maximum absolute atomic E-state index is 12.7. The zero-order valence-corrected chi connectivity index (χ0v) is 23.2. The molecule has 0 unspecified atom stereocenters. The Bertz CT molecular complexity index is 1500. The van der Waals surface area contributed by atoms with E-state index in [1.807, 2.05) is 64.4 Å². The molecule has 2 saturated heterocycles. The van der Waals surface area contributed by atoms with Crippen molar-refractivity contribution in [1.29, 1.82) is 5.26 Å². The number of H-pyrrole nitrogens is 1. The molecular formula is C29H33N9O3. The molecule has 0 aliphatic carbocycles. The summed E-state index contributed by atoms with van der Waals surface area (Å²) < 4.78 is 0. The molecule has 0 bridgehead atoms. The quantitative estimate of drug-likeness (QED) is 0.418. The summed E-state index contributed by atoms with van der Waals surface area (Å²) in [6, 6.07) is 17.4. The molecule has 12 nitrogen and oxygen atoms in total. The van der Waals surface area contributed by atoms with Crippen molar-refractivity contribution in [2.24, 2.45) is 0 Å². The molecule has 2 aliphatic heterocycles. The van der Waals surface area contributed by atoms with Gasteiger partial charge >= 0.3 is 0 Å². The molecule has 0 spiro atoms. The van der Waals surface area contributed by atoms with E-state index in [2.05, 4.69) is 30.4 Å². The van der Waals surface area contributed by atoms with Crippen LogP contribution in [0.1, 0.15) is 19.4 Å². The third-order valence-electron chi connectivity index (χ3n) is 7.47. The van der Waals surface area contributed by atoms with Crippen molar-refractivity contribution < 1.29 is 9.59 Å². The Morgan fingerprint density at radius 3 is 1.61 bits per heavy atom. The SMILES string of the molecule is CC(=O)N1CCN(c2ccc(Nc3nc(Nc4ccc(N5CCN(C(C)=O)CC5)cc4)c(C#N)c(=O)[nH]3)cc2)CC1. The number of hydrogen-bond acceptors (Lipinski definition) is 9. The van der Waals surface area contributed by atoms with Crippen molar-refractivity contribution in [3.63, 3.8) is 0 Å². The van der Waals surface area contributed by atoms with E-state index in [4.69, 9.17) is 0 Å². The molecule has 212 valence electrons. The number of nitriles is 1. The number of anilines is 6. The fourth-order valence-corrected chi connectivity index (χ4v) is 5.07. The van der Waals surface area contributed by atoms with Crippen LogP contribution in [-0.2, 0) is 9.59 Å². The zero-order chi connectivity index (χ0) is 28.9. The van der Waals surface area contributed by atoms with Gasteiger partial charge in [-0.15, -0.1) is 0 Å². The fraction of sp³-hybridized carbons (Fsp3) is 0.345. The molecule has 41 heavy (non-hydrogen) atoms. The minimum atomic E-state index is -0.549. The first kappa shape index (κ1) is 27.5. The van der Waals surface area contributed by atoms with Gasteiger partial charge in [-0.3, -0.25) is 19.4 Å². The molecule has 1 aromatic heterocycles. The van der Waals surface area contributed by atoms with Gasteiger partial charge < -0.3 is 30.2 Å². The maximum Gasteiger partial charge on any atom is 0.272 e. The first-order chi connectivity index (χ1) is 19.8. The Hall–Kier alpha value is -5.05. The second-order valence-electron chi connectivity index (χ2n) is 10.1. The van der Waals surface area contributed by atoms with E-state index in [0.717, 1.165) is 43.2 Å². The predicted octanol–water partition coefficient (Wildman–Crippen LogP) is 2.47. The smallest absolute Gasteiger partial charge is 0.272 e. The number of amides is 2. The highest BCUT2D eigenvalue weighted by Crippen LogP contribution is 2.24. The molecule has 2 aliphatic rings. The van der Waals surface area contributed by atoms with Gasteiger partial charge in [-0.2, -0.15) is 10.2 Å². The Kier molecular flexibility index (Phi) is 8.05. The van der Waals surface area contributed by atoms with Crippen LogP contribution in [0, 0.1) is 11.3 Å². The lowest BCUT2D eigenvalue weighted by atomic mass is 10.2. The van der Waals surface area contributed by atoms with Crippen LogP contribution in [0.25, 0.3) is 0 Å². The highest BCUT2D eigenvalue weighted by atomic mass is 16.2. The van der Waals surface area contributed by atoms with Crippen LogP contribution in [-0.4, -0.2) is 83.9 Å². The first-order valence-corrected chi connectivity index (χ1v) is 13.6. The molecule has 0 radical (unpaired) electrons. The first-order valence-electron chi connectivity index (χ1n) is 13.6. The van der Waals surface area contributed by atoms with Gasteiger partial charge in [0.2, 0.25) is 17.8 Å². The van der Waals surface area contributed by atoms with Crippen molar-refractivity contribution in [3.8, 4) is 6.07 Å². The van der Waals surface area contributed by atoms with E-state index in [0.29, 0.717) is 31.9 Å². The van der Waals surface area contributed by atoms with E-state index < -0.39 is 5.56 Å². The lowest BCUT2D eigenvalue weighted by Gasteiger charge is -2.35. The highest BCUT2D eigenvalue weighted by Gasteiger charge is 2.20. The molecule has 2 amide bonds. The summed E-state index contributed by atoms with van der Waals surface area (Å²) >= 11 is 0. The van der Waals surface area contributed by atoms with Gasteiger partial charge in [-0.05, 0) is 48.5 Å². The number of rotatable bonds is 6. The van der Waals surface area contributed by atoms with E-state index >= 15 is 0 Å². The standard InChI is InChI=1S/C29H33N9O3/c1-20(39)35-11-15-37(16-12-35)24-7-3-22(4-8-24)31-27-26(19-30)28(41)34-29(33-27)32-23-5-9-25(10-6-23)38-17-13-36(14-18-38)21(2)40/h3-10H,11-18H2,1-2H3,(H3,31,32,33,34,41). The van der Waals surface area contributed by atoms with Gasteiger partial charge in [-0.1, -0.05) is 0 Å². The monoisotopic (exact) mass is 555 g/mol. The van der Waals surface area contributed by atoms with Crippen LogP contribution in [0.3, 0.4) is 0 Å². The number of nitrogens with one attached hydrogen (secondary N) is 3. The summed E-state index contributed by atoms with van der Waals surface area (Å²) in [5.74, 6) is 0.551. The van der Waals surface area contributed by atoms with Gasteiger partial charge in [-0.25, -0.2) is 0 Å². The number of carbonyl (C=O) groups excluding carboxylic acids is 2. The molecule has 5 rings (SSSR count). The van der Waals surface area contributed by atoms with Crippen LogP contribution in [0.15, 0.2) is 53.3 Å². The molecular weight excluding hydrogens is 522 g/mol. The predicted molar refractivity (Wildman–Crippen MR) is 158 cm³/mol. The minimum absolute atomic E-state index is 0.0921. The summed E-state index contributed by atoms with van der Waals surface area (Å²) in [5.41, 5.74) is 2.83. The molecule has 2 aromatic carbocycles. The van der Waals surface area contributed by atoms with Crippen LogP contribution >= 0.6 is 0 Å². The average molecular weight is 556 g/mol. The number of nitrogens with zero attached hydrogens (tertiary/aromatic N) is 6. The number of benzene rings is 2. The Balaban J connectivity index is 1.25. The highest BCUT2D eigenvalue weighted by molar-refractivity contribution is 5.74. The van der Waals surface area contributed by atoms with E-state index in [9.17, 15) is 19.6 Å². The molecule has 3 aromatic rings. The Morgan fingerprint density at radius 2 is 1.20 bits per heavy atom.